The number of H-pyrrole nitrogens is 1. The van der Waals surface area contributed by atoms with Gasteiger partial charge in [-0.2, -0.15) is 10.5 Å². The molecule has 4 unspecified atom stereocenters. The maximum atomic E-state index is 13.2. The monoisotopic (exact) mass is 449 g/mol. The van der Waals surface area contributed by atoms with E-state index in [1.165, 1.54) is 0 Å². The number of nitriles is 1. The van der Waals surface area contributed by atoms with Crippen molar-refractivity contribution in [1.82, 2.24) is 35.3 Å². The van der Waals surface area contributed by atoms with E-state index in [1.807, 2.05) is 41.0 Å². The number of hydrogen-bond donors (Lipinski definition) is 2. The minimum absolute atomic E-state index is 0.0646. The largest absolute Gasteiger partial charge is 0.330 e. The van der Waals surface area contributed by atoms with Crippen LogP contribution in [-0.4, -0.2) is 90.9 Å². The first-order valence-corrected chi connectivity index (χ1v) is 11.3. The second-order valence-electron chi connectivity index (χ2n) is 9.06. The Bertz CT molecular complexity index is 1060. The number of nitrogens with one attached hydrogen (secondary N) is 1. The summed E-state index contributed by atoms with van der Waals surface area (Å²) in [4.78, 5) is 31.6. The molecule has 2 aromatic rings. The number of carbonyl (C=O) groups excluding carboxylic acids is 2. The number of amides is 2. The fourth-order valence-electron chi connectivity index (χ4n) is 5.46. The highest BCUT2D eigenvalue weighted by molar-refractivity contribution is 5.87. The van der Waals surface area contributed by atoms with Gasteiger partial charge in [-0.15, -0.1) is 10.2 Å². The minimum Gasteiger partial charge on any atom is -0.330 e. The number of fused-ring (bicyclic) bond motifs is 2. The van der Waals surface area contributed by atoms with Gasteiger partial charge in [0, 0.05) is 31.2 Å². The van der Waals surface area contributed by atoms with Crippen LogP contribution < -0.4 is 5.73 Å². The molecule has 0 aliphatic carbocycles. The standard InChI is InChI=1S/C22H27N9O2/c1-13(14-4-6-15(7-5-14)20-25-27-28-26-20)31-17-9-19(22(31)33)29(11-17)12-18(24)21(32)30-8-2-3-16(30)10-23/h4-7,13,16-19H,2-3,8-9,11-12,24H2,1H3,(H,25,26,27,28)/t13?,16?,17?,18?,19-/m0/s1. The van der Waals surface area contributed by atoms with Crippen molar-refractivity contribution in [1.29, 1.82) is 5.26 Å². The zero-order valence-corrected chi connectivity index (χ0v) is 18.5. The Balaban J connectivity index is 1.22. The predicted octanol–water partition coefficient (Wildman–Crippen LogP) is 0.0547. The number of aromatic nitrogens is 4. The Morgan fingerprint density at radius 1 is 1.36 bits per heavy atom. The molecule has 3 aliphatic heterocycles. The van der Waals surface area contributed by atoms with Gasteiger partial charge >= 0.3 is 0 Å². The van der Waals surface area contributed by atoms with Crippen molar-refractivity contribution in [3.63, 3.8) is 0 Å². The quantitative estimate of drug-likeness (QED) is 0.629. The molecule has 3 N–H and O–H groups in total. The molecule has 2 amide bonds. The number of aromatic amines is 1. The molecule has 0 spiro atoms. The van der Waals surface area contributed by atoms with Crippen molar-refractivity contribution in [2.45, 2.75) is 56.4 Å². The maximum absolute atomic E-state index is 13.2. The molecule has 1 aromatic carbocycles. The molecular formula is C22H27N9O2. The van der Waals surface area contributed by atoms with Gasteiger partial charge in [0.2, 0.25) is 17.6 Å². The average molecular weight is 450 g/mol. The van der Waals surface area contributed by atoms with E-state index < -0.39 is 6.04 Å². The zero-order valence-electron chi connectivity index (χ0n) is 18.5. The fraction of sp³-hybridized carbons (Fsp3) is 0.545. The van der Waals surface area contributed by atoms with E-state index in [4.69, 9.17) is 5.73 Å². The Labute approximate surface area is 191 Å². The lowest BCUT2D eigenvalue weighted by Crippen LogP contribution is -2.56. The van der Waals surface area contributed by atoms with Crippen LogP contribution in [0.15, 0.2) is 24.3 Å². The summed E-state index contributed by atoms with van der Waals surface area (Å²) in [5, 5.41) is 23.3. The van der Waals surface area contributed by atoms with Gasteiger partial charge in [-0.1, -0.05) is 24.3 Å². The van der Waals surface area contributed by atoms with E-state index in [0.717, 1.165) is 24.0 Å². The number of rotatable bonds is 6. The lowest BCUT2D eigenvalue weighted by molar-refractivity contribution is -0.140. The number of carbonyl (C=O) groups is 2. The first-order chi connectivity index (χ1) is 16.0. The van der Waals surface area contributed by atoms with Crippen LogP contribution in [0.3, 0.4) is 0 Å². The van der Waals surface area contributed by atoms with Gasteiger partial charge in [-0.05, 0) is 37.0 Å². The summed E-state index contributed by atoms with van der Waals surface area (Å²) < 4.78 is 0. The van der Waals surface area contributed by atoms with E-state index in [2.05, 4.69) is 26.7 Å². The van der Waals surface area contributed by atoms with Crippen LogP contribution in [0, 0.1) is 11.3 Å². The Kier molecular flexibility index (Phi) is 5.55. The highest BCUT2D eigenvalue weighted by Crippen LogP contribution is 2.38. The number of benzene rings is 1. The first kappa shape index (κ1) is 21.5. The number of nitrogens with zero attached hydrogens (tertiary/aromatic N) is 7. The van der Waals surface area contributed by atoms with Crippen molar-refractivity contribution in [2.24, 2.45) is 5.73 Å². The van der Waals surface area contributed by atoms with Crippen molar-refractivity contribution >= 4 is 11.8 Å². The predicted molar refractivity (Wildman–Crippen MR) is 117 cm³/mol. The van der Waals surface area contributed by atoms with Gasteiger partial charge in [0.05, 0.1) is 24.2 Å². The SMILES string of the molecule is CC(c1ccc(-c2nn[nH]n2)cc1)N1C(=O)[C@@H]2CC1CN2CC(N)C(=O)N1CCCC1C#N. The van der Waals surface area contributed by atoms with Crippen LogP contribution in [0.1, 0.15) is 37.8 Å². The molecule has 3 saturated heterocycles. The van der Waals surface area contributed by atoms with Crippen LogP contribution >= 0.6 is 0 Å². The first-order valence-electron chi connectivity index (χ1n) is 11.3. The molecule has 5 atom stereocenters. The fourth-order valence-corrected chi connectivity index (χ4v) is 5.46. The Morgan fingerprint density at radius 2 is 2.15 bits per heavy atom. The molecule has 5 rings (SSSR count). The van der Waals surface area contributed by atoms with E-state index in [9.17, 15) is 14.9 Å². The van der Waals surface area contributed by atoms with Crippen LogP contribution in [0.4, 0.5) is 0 Å². The zero-order chi connectivity index (χ0) is 23.1. The number of piperazine rings is 1. The van der Waals surface area contributed by atoms with Crippen molar-refractivity contribution in [3.05, 3.63) is 29.8 Å². The van der Waals surface area contributed by atoms with E-state index >= 15 is 0 Å². The van der Waals surface area contributed by atoms with Crippen molar-refractivity contribution in [2.75, 3.05) is 19.6 Å². The van der Waals surface area contributed by atoms with Gasteiger partial charge in [0.1, 0.15) is 6.04 Å². The molecular weight excluding hydrogens is 422 g/mol. The normalized spacial score (nSPS) is 26.6. The molecule has 33 heavy (non-hydrogen) atoms. The van der Waals surface area contributed by atoms with Crippen LogP contribution in [0.25, 0.3) is 11.4 Å². The average Bonchev–Trinajstić information content (AvgIpc) is 3.62. The molecule has 11 heteroatoms. The van der Waals surface area contributed by atoms with Crippen LogP contribution in [-0.2, 0) is 9.59 Å². The molecule has 3 aliphatic rings. The second-order valence-corrected chi connectivity index (χ2v) is 9.06. The number of hydrogen-bond acceptors (Lipinski definition) is 8. The molecule has 0 saturated carbocycles. The molecule has 11 nitrogen and oxygen atoms in total. The summed E-state index contributed by atoms with van der Waals surface area (Å²) in [5.41, 5.74) is 8.12. The van der Waals surface area contributed by atoms with Gasteiger partial charge in [0.25, 0.3) is 0 Å². The van der Waals surface area contributed by atoms with E-state index in [-0.39, 0.29) is 36.0 Å². The molecule has 2 bridgehead atoms. The third kappa shape index (κ3) is 3.75. The Morgan fingerprint density at radius 3 is 2.82 bits per heavy atom. The topological polar surface area (TPSA) is 148 Å². The third-order valence-electron chi connectivity index (χ3n) is 7.16. The minimum atomic E-state index is -0.727. The van der Waals surface area contributed by atoms with E-state index in [0.29, 0.717) is 31.9 Å². The molecule has 172 valence electrons. The number of tetrazole rings is 1. The summed E-state index contributed by atoms with van der Waals surface area (Å²) in [6.07, 6.45) is 2.27. The van der Waals surface area contributed by atoms with Crippen LogP contribution in [0.2, 0.25) is 0 Å². The van der Waals surface area contributed by atoms with Crippen molar-refractivity contribution < 1.29 is 9.59 Å². The molecule has 1 aromatic heterocycles. The lowest BCUT2D eigenvalue weighted by Gasteiger charge is -2.38. The highest BCUT2D eigenvalue weighted by atomic mass is 16.2. The third-order valence-corrected chi connectivity index (χ3v) is 7.16. The molecule has 4 heterocycles. The van der Waals surface area contributed by atoms with Gasteiger partial charge in [0.15, 0.2) is 0 Å². The van der Waals surface area contributed by atoms with Gasteiger partial charge in [-0.3, -0.25) is 14.5 Å². The van der Waals surface area contributed by atoms with Gasteiger partial charge < -0.3 is 15.5 Å². The number of nitrogens with two attached hydrogens (primary N) is 1. The van der Waals surface area contributed by atoms with Crippen LogP contribution in [0.5, 0.6) is 0 Å². The summed E-state index contributed by atoms with van der Waals surface area (Å²) in [5.74, 6) is 0.417. The Hall–Kier alpha value is -3.36. The lowest BCUT2D eigenvalue weighted by atomic mass is 10.0. The summed E-state index contributed by atoms with van der Waals surface area (Å²) in [6, 6.07) is 8.69. The maximum Gasteiger partial charge on any atom is 0.241 e. The molecule has 3 fully saturated rings. The molecule has 0 radical (unpaired) electrons. The van der Waals surface area contributed by atoms with Gasteiger partial charge in [-0.25, -0.2) is 0 Å². The highest BCUT2D eigenvalue weighted by Gasteiger charge is 2.51. The summed E-state index contributed by atoms with van der Waals surface area (Å²) in [7, 11) is 0. The summed E-state index contributed by atoms with van der Waals surface area (Å²) in [6.45, 7) is 3.65. The smallest absolute Gasteiger partial charge is 0.241 e. The number of likely N-dealkylation sites (tertiary alicyclic amines) is 3. The summed E-state index contributed by atoms with van der Waals surface area (Å²) >= 11 is 0. The van der Waals surface area contributed by atoms with Crippen molar-refractivity contribution in [3.8, 4) is 17.5 Å². The van der Waals surface area contributed by atoms with E-state index in [1.54, 1.807) is 4.90 Å². The second kappa shape index (κ2) is 8.53.